The fourth-order valence-electron chi connectivity index (χ4n) is 0.164. The third kappa shape index (κ3) is 4.23. The summed E-state index contributed by atoms with van der Waals surface area (Å²) in [6.07, 6.45) is -1.31. The van der Waals surface area contributed by atoms with E-state index in [9.17, 15) is 4.57 Å². The van der Waals surface area contributed by atoms with Crippen LogP contribution >= 0.6 is 8.25 Å². The van der Waals surface area contributed by atoms with Gasteiger partial charge in [-0.25, -0.2) is 0 Å². The highest BCUT2D eigenvalue weighted by Crippen LogP contribution is 2.15. The summed E-state index contributed by atoms with van der Waals surface area (Å²) >= 11 is 0. The Bertz CT molecular complexity index is 86.1. The number of nitrogens with two attached hydrogens (primary N) is 1. The van der Waals surface area contributed by atoms with Crippen LogP contribution in [0.25, 0.3) is 0 Å². The molecular weight excluding hydrogens is 133 g/mol. The molecule has 0 fully saturated rings. The minimum Gasteiger partial charge on any atom is -0.366 e. The topological polar surface area (TPSA) is 92.8 Å². The monoisotopic (exact) mass is 141 g/mol. The predicted octanol–water partition coefficient (Wildman–Crippen LogP) is -1.34. The fraction of sp³-hybridized carbons (Fsp3) is 1.00. The second kappa shape index (κ2) is 4.00. The van der Waals surface area contributed by atoms with E-state index in [1.165, 1.54) is 0 Å². The molecule has 0 aromatic rings. The van der Waals surface area contributed by atoms with Crippen molar-refractivity contribution in [1.29, 1.82) is 0 Å². The Labute approximate surface area is 47.0 Å². The number of rotatable bonds is 3. The lowest BCUT2D eigenvalue weighted by Crippen LogP contribution is -2.20. The van der Waals surface area contributed by atoms with Crippen LogP contribution in [-0.4, -0.2) is 22.8 Å². The lowest BCUT2D eigenvalue weighted by Gasteiger charge is -2.03. The van der Waals surface area contributed by atoms with E-state index < -0.39 is 14.5 Å². The molecular formula is C2H8NO4P. The normalized spacial score (nSPS) is 17.9. The molecule has 0 saturated carbocycles. The van der Waals surface area contributed by atoms with Crippen molar-refractivity contribution in [1.82, 2.24) is 0 Å². The van der Waals surface area contributed by atoms with Crippen LogP contribution in [0.2, 0.25) is 0 Å². The second-order valence-corrected chi connectivity index (χ2v) is 1.84. The van der Waals surface area contributed by atoms with Gasteiger partial charge in [-0.05, 0) is 0 Å². The Balaban J connectivity index is 3.24. The molecule has 8 heavy (non-hydrogen) atoms. The number of aliphatic hydroxyl groups excluding tert-OH is 1. The highest BCUT2D eigenvalue weighted by molar-refractivity contribution is 7.32. The molecule has 0 aliphatic carbocycles. The van der Waals surface area contributed by atoms with Crippen molar-refractivity contribution in [2.45, 2.75) is 6.29 Å². The van der Waals surface area contributed by atoms with Gasteiger partial charge in [0, 0.05) is 6.54 Å². The van der Waals surface area contributed by atoms with Crippen molar-refractivity contribution in [3.05, 3.63) is 0 Å². The van der Waals surface area contributed by atoms with Crippen LogP contribution in [0.3, 0.4) is 0 Å². The molecule has 6 heteroatoms. The summed E-state index contributed by atoms with van der Waals surface area (Å²) in [6.45, 7) is -0.170. The van der Waals surface area contributed by atoms with E-state index in [2.05, 4.69) is 4.52 Å². The summed E-state index contributed by atoms with van der Waals surface area (Å²) in [5.74, 6) is 0. The van der Waals surface area contributed by atoms with Crippen molar-refractivity contribution < 1.29 is 19.1 Å². The summed E-state index contributed by atoms with van der Waals surface area (Å²) in [7, 11) is -3.03. The zero-order valence-electron chi connectivity index (χ0n) is 4.07. The zero-order chi connectivity index (χ0) is 6.57. The number of hydrogen-bond acceptors (Lipinski definition) is 4. The van der Waals surface area contributed by atoms with Crippen LogP contribution in [0.15, 0.2) is 0 Å². The van der Waals surface area contributed by atoms with E-state index in [0.29, 0.717) is 0 Å². The van der Waals surface area contributed by atoms with Gasteiger partial charge in [-0.15, -0.1) is 0 Å². The van der Waals surface area contributed by atoms with Crippen molar-refractivity contribution in [2.24, 2.45) is 5.73 Å². The Kier molecular flexibility index (Phi) is 4.03. The molecule has 0 radical (unpaired) electrons. The van der Waals surface area contributed by atoms with E-state index in [1.54, 1.807) is 0 Å². The van der Waals surface area contributed by atoms with Crippen LogP contribution < -0.4 is 5.73 Å². The first kappa shape index (κ1) is 8.07. The lowest BCUT2D eigenvalue weighted by atomic mass is 10.7. The molecule has 0 rings (SSSR count). The van der Waals surface area contributed by atoms with E-state index in [-0.39, 0.29) is 6.54 Å². The average molecular weight is 141 g/mol. The molecule has 0 aliphatic heterocycles. The standard InChI is InChI=1S/C2H8NO4P/c3-1-2(4)7-8(5)6/h2,4,8H,1,3H2,(H,5,6). The minimum absolute atomic E-state index is 0.170. The average Bonchev–Trinajstić information content (AvgIpc) is 1.65. The zero-order valence-corrected chi connectivity index (χ0v) is 5.07. The molecule has 0 saturated heterocycles. The van der Waals surface area contributed by atoms with Gasteiger partial charge in [0.25, 0.3) is 0 Å². The van der Waals surface area contributed by atoms with Gasteiger partial charge >= 0.3 is 8.25 Å². The fourth-order valence-corrected chi connectivity index (χ4v) is 0.493. The lowest BCUT2D eigenvalue weighted by molar-refractivity contribution is -0.00998. The van der Waals surface area contributed by atoms with Crippen LogP contribution in [0.4, 0.5) is 0 Å². The highest BCUT2D eigenvalue weighted by Gasteiger charge is 2.01. The SMILES string of the molecule is NCC(O)O[PH](=O)O. The van der Waals surface area contributed by atoms with E-state index in [0.717, 1.165) is 0 Å². The third-order valence-electron chi connectivity index (χ3n) is 0.438. The van der Waals surface area contributed by atoms with Crippen molar-refractivity contribution in [3.8, 4) is 0 Å². The maximum Gasteiger partial charge on any atom is 0.318 e. The van der Waals surface area contributed by atoms with Crippen molar-refractivity contribution in [3.63, 3.8) is 0 Å². The second-order valence-electron chi connectivity index (χ2n) is 1.07. The van der Waals surface area contributed by atoms with Crippen LogP contribution in [0, 0.1) is 0 Å². The molecule has 0 aromatic carbocycles. The maximum atomic E-state index is 9.72. The molecule has 2 unspecified atom stereocenters. The van der Waals surface area contributed by atoms with Gasteiger partial charge in [0.1, 0.15) is 0 Å². The molecule has 4 N–H and O–H groups in total. The Morgan fingerprint density at radius 2 is 2.38 bits per heavy atom. The third-order valence-corrected chi connectivity index (χ3v) is 0.912. The van der Waals surface area contributed by atoms with E-state index >= 15 is 0 Å². The summed E-state index contributed by atoms with van der Waals surface area (Å²) in [4.78, 5) is 7.96. The van der Waals surface area contributed by atoms with Gasteiger partial charge in [0.05, 0.1) is 0 Å². The van der Waals surface area contributed by atoms with Gasteiger partial charge in [0.2, 0.25) is 0 Å². The van der Waals surface area contributed by atoms with Crippen LogP contribution in [0.5, 0.6) is 0 Å². The van der Waals surface area contributed by atoms with Crippen molar-refractivity contribution >= 4 is 8.25 Å². The highest BCUT2D eigenvalue weighted by atomic mass is 31.1. The number of aliphatic hydroxyl groups is 1. The van der Waals surface area contributed by atoms with E-state index in [4.69, 9.17) is 15.7 Å². The Hall–Kier alpha value is 0.0700. The Morgan fingerprint density at radius 1 is 1.88 bits per heavy atom. The van der Waals surface area contributed by atoms with Gasteiger partial charge in [-0.2, -0.15) is 0 Å². The first-order valence-electron chi connectivity index (χ1n) is 1.94. The number of hydrogen-bond donors (Lipinski definition) is 3. The van der Waals surface area contributed by atoms with Gasteiger partial charge < -0.3 is 15.7 Å². The first-order valence-corrected chi connectivity index (χ1v) is 3.21. The van der Waals surface area contributed by atoms with Gasteiger partial charge in [0.15, 0.2) is 6.29 Å². The molecule has 5 nitrogen and oxygen atoms in total. The van der Waals surface area contributed by atoms with Crippen LogP contribution in [0.1, 0.15) is 0 Å². The maximum absolute atomic E-state index is 9.72. The first-order chi connectivity index (χ1) is 3.66. The molecule has 0 heterocycles. The molecule has 0 bridgehead atoms. The molecule has 0 aliphatic rings. The summed E-state index contributed by atoms with van der Waals surface area (Å²) in [6, 6.07) is 0. The largest absolute Gasteiger partial charge is 0.366 e. The Morgan fingerprint density at radius 3 is 2.50 bits per heavy atom. The minimum atomic E-state index is -3.03. The van der Waals surface area contributed by atoms with E-state index in [1.807, 2.05) is 0 Å². The summed E-state index contributed by atoms with van der Waals surface area (Å²) in [5, 5.41) is 8.35. The smallest absolute Gasteiger partial charge is 0.318 e. The molecule has 0 aromatic heterocycles. The van der Waals surface area contributed by atoms with Gasteiger partial charge in [-0.1, -0.05) is 0 Å². The molecule has 50 valence electrons. The quantitative estimate of drug-likeness (QED) is 0.334. The summed E-state index contributed by atoms with van der Waals surface area (Å²) in [5.41, 5.74) is 4.81. The predicted molar refractivity (Wildman–Crippen MR) is 27.4 cm³/mol. The van der Waals surface area contributed by atoms with Crippen molar-refractivity contribution in [2.75, 3.05) is 6.54 Å². The molecule has 0 amide bonds. The van der Waals surface area contributed by atoms with Crippen LogP contribution in [-0.2, 0) is 9.09 Å². The molecule has 2 atom stereocenters. The van der Waals surface area contributed by atoms with Gasteiger partial charge in [-0.3, -0.25) is 9.09 Å². The summed E-state index contributed by atoms with van der Waals surface area (Å²) < 4.78 is 13.6. The molecule has 0 spiro atoms.